The van der Waals surface area contributed by atoms with Gasteiger partial charge in [-0.3, -0.25) is 4.72 Å². The Morgan fingerprint density at radius 3 is 2.53 bits per heavy atom. The molecule has 6 nitrogen and oxygen atoms in total. The molecule has 0 unspecified atom stereocenters. The van der Waals surface area contributed by atoms with E-state index in [1.807, 2.05) is 13.8 Å². The van der Waals surface area contributed by atoms with Gasteiger partial charge < -0.3 is 5.11 Å². The van der Waals surface area contributed by atoms with Crippen LogP contribution in [0.5, 0.6) is 0 Å². The van der Waals surface area contributed by atoms with Gasteiger partial charge in [0, 0.05) is 6.54 Å². The molecule has 0 aromatic heterocycles. The molecule has 0 spiro atoms. The highest BCUT2D eigenvalue weighted by Crippen LogP contribution is 2.18. The molecule has 0 fully saturated rings. The van der Waals surface area contributed by atoms with Crippen LogP contribution in [0.4, 0.5) is 5.69 Å². The fraction of sp³-hybridized carbons (Fsp3) is 0.417. The zero-order valence-corrected chi connectivity index (χ0v) is 11.9. The van der Waals surface area contributed by atoms with E-state index in [1.165, 1.54) is 12.1 Å². The Morgan fingerprint density at radius 1 is 1.37 bits per heavy atom. The number of carboxylic acid groups (broad SMARTS) is 1. The average Bonchev–Trinajstić information content (AvgIpc) is 2.29. The number of aromatic carboxylic acids is 1. The lowest BCUT2D eigenvalue weighted by atomic mass is 10.1. The van der Waals surface area contributed by atoms with Gasteiger partial charge in [0.25, 0.3) is 10.2 Å². The second-order valence-electron chi connectivity index (χ2n) is 4.68. The van der Waals surface area contributed by atoms with E-state index in [4.69, 9.17) is 5.11 Å². The molecule has 0 bridgehead atoms. The van der Waals surface area contributed by atoms with Crippen molar-refractivity contribution in [3.05, 3.63) is 29.3 Å². The molecule has 0 radical (unpaired) electrons. The van der Waals surface area contributed by atoms with Gasteiger partial charge in [-0.25, -0.2) is 4.79 Å². The van der Waals surface area contributed by atoms with Gasteiger partial charge in [0.05, 0.1) is 11.3 Å². The molecule has 0 atom stereocenters. The number of anilines is 1. The molecule has 0 aliphatic carbocycles. The Labute approximate surface area is 113 Å². The van der Waals surface area contributed by atoms with E-state index in [1.54, 1.807) is 13.0 Å². The van der Waals surface area contributed by atoms with Crippen molar-refractivity contribution in [3.8, 4) is 0 Å². The summed E-state index contributed by atoms with van der Waals surface area (Å²) in [4.78, 5) is 10.9. The van der Waals surface area contributed by atoms with Crippen LogP contribution in [0.2, 0.25) is 0 Å². The molecule has 0 aliphatic heterocycles. The van der Waals surface area contributed by atoms with Crippen LogP contribution < -0.4 is 9.44 Å². The number of carboxylic acids is 1. The van der Waals surface area contributed by atoms with Crippen molar-refractivity contribution >= 4 is 21.9 Å². The second kappa shape index (κ2) is 6.03. The van der Waals surface area contributed by atoms with Gasteiger partial charge >= 0.3 is 5.97 Å². The maximum absolute atomic E-state index is 11.8. The Hall–Kier alpha value is -1.60. The Bertz CT molecular complexity index is 567. The third kappa shape index (κ3) is 4.88. The minimum absolute atomic E-state index is 0.0344. The van der Waals surface area contributed by atoms with Gasteiger partial charge in [-0.1, -0.05) is 19.9 Å². The number of hydrogen-bond donors (Lipinski definition) is 3. The Balaban J connectivity index is 2.92. The minimum Gasteiger partial charge on any atom is -0.478 e. The van der Waals surface area contributed by atoms with Crippen LogP contribution in [-0.4, -0.2) is 26.0 Å². The molecule has 0 saturated heterocycles. The highest BCUT2D eigenvalue weighted by Gasteiger charge is 2.13. The van der Waals surface area contributed by atoms with Crippen LogP contribution in [0.3, 0.4) is 0 Å². The van der Waals surface area contributed by atoms with E-state index < -0.39 is 16.2 Å². The predicted molar refractivity (Wildman–Crippen MR) is 73.5 cm³/mol. The fourth-order valence-electron chi connectivity index (χ4n) is 1.32. The van der Waals surface area contributed by atoms with E-state index in [0.29, 0.717) is 12.1 Å². The van der Waals surface area contributed by atoms with Crippen molar-refractivity contribution in [2.24, 2.45) is 5.92 Å². The summed E-state index contributed by atoms with van der Waals surface area (Å²) in [7, 11) is -3.69. The Morgan fingerprint density at radius 2 is 2.00 bits per heavy atom. The third-order valence-corrected chi connectivity index (χ3v) is 3.45. The van der Waals surface area contributed by atoms with Crippen molar-refractivity contribution in [2.45, 2.75) is 20.8 Å². The van der Waals surface area contributed by atoms with Gasteiger partial charge in [0.15, 0.2) is 0 Å². The maximum Gasteiger partial charge on any atom is 0.335 e. The molecule has 19 heavy (non-hydrogen) atoms. The maximum atomic E-state index is 11.8. The van der Waals surface area contributed by atoms with Gasteiger partial charge in [0.1, 0.15) is 0 Å². The van der Waals surface area contributed by atoms with Crippen LogP contribution in [-0.2, 0) is 10.2 Å². The smallest absolute Gasteiger partial charge is 0.335 e. The van der Waals surface area contributed by atoms with Crippen molar-refractivity contribution in [1.29, 1.82) is 0 Å². The zero-order chi connectivity index (χ0) is 14.6. The zero-order valence-electron chi connectivity index (χ0n) is 11.1. The van der Waals surface area contributed by atoms with E-state index >= 15 is 0 Å². The van der Waals surface area contributed by atoms with Crippen molar-refractivity contribution in [2.75, 3.05) is 11.3 Å². The summed E-state index contributed by atoms with van der Waals surface area (Å²) < 4.78 is 28.3. The molecule has 7 heteroatoms. The molecule has 0 heterocycles. The number of nitrogens with one attached hydrogen (secondary N) is 2. The summed E-state index contributed by atoms with van der Waals surface area (Å²) in [5.74, 6) is -0.918. The summed E-state index contributed by atoms with van der Waals surface area (Å²) in [6.45, 7) is 5.79. The van der Waals surface area contributed by atoms with Crippen molar-refractivity contribution in [1.82, 2.24) is 4.72 Å². The second-order valence-corrected chi connectivity index (χ2v) is 6.18. The topological polar surface area (TPSA) is 95.5 Å². The molecular formula is C12H18N2O4S. The monoisotopic (exact) mass is 286 g/mol. The van der Waals surface area contributed by atoms with Crippen LogP contribution in [0.1, 0.15) is 29.8 Å². The van der Waals surface area contributed by atoms with Crippen LogP contribution in [0.25, 0.3) is 0 Å². The van der Waals surface area contributed by atoms with Crippen LogP contribution in [0.15, 0.2) is 18.2 Å². The summed E-state index contributed by atoms with van der Waals surface area (Å²) >= 11 is 0. The molecule has 1 aromatic carbocycles. The largest absolute Gasteiger partial charge is 0.478 e. The van der Waals surface area contributed by atoms with E-state index in [0.717, 1.165) is 0 Å². The quantitative estimate of drug-likeness (QED) is 0.740. The SMILES string of the molecule is Cc1ccc(C(=O)O)cc1NS(=O)(=O)NCC(C)C. The normalized spacial score (nSPS) is 11.6. The number of aryl methyl sites for hydroxylation is 1. The molecule has 1 aromatic rings. The highest BCUT2D eigenvalue weighted by atomic mass is 32.2. The van der Waals surface area contributed by atoms with Gasteiger partial charge in [0.2, 0.25) is 0 Å². The number of hydrogen-bond acceptors (Lipinski definition) is 3. The van der Waals surface area contributed by atoms with Crippen LogP contribution in [0, 0.1) is 12.8 Å². The van der Waals surface area contributed by atoms with E-state index in [2.05, 4.69) is 9.44 Å². The van der Waals surface area contributed by atoms with E-state index in [9.17, 15) is 13.2 Å². The highest BCUT2D eigenvalue weighted by molar-refractivity contribution is 7.90. The van der Waals surface area contributed by atoms with E-state index in [-0.39, 0.29) is 17.2 Å². The molecule has 3 N–H and O–H groups in total. The van der Waals surface area contributed by atoms with Crippen molar-refractivity contribution < 1.29 is 18.3 Å². The fourth-order valence-corrected chi connectivity index (χ4v) is 2.46. The lowest BCUT2D eigenvalue weighted by Gasteiger charge is -2.13. The van der Waals surface area contributed by atoms with Gasteiger partial charge in [-0.05, 0) is 30.5 Å². The lowest BCUT2D eigenvalue weighted by Crippen LogP contribution is -2.33. The third-order valence-electron chi connectivity index (χ3n) is 2.41. The molecule has 0 amide bonds. The van der Waals surface area contributed by atoms with Gasteiger partial charge in [-0.15, -0.1) is 0 Å². The lowest BCUT2D eigenvalue weighted by molar-refractivity contribution is 0.0697. The van der Waals surface area contributed by atoms with Crippen LogP contribution >= 0.6 is 0 Å². The standard InChI is InChI=1S/C12H18N2O4S/c1-8(2)7-13-19(17,18)14-11-6-10(12(15)16)5-4-9(11)3/h4-6,8,13-14H,7H2,1-3H3,(H,15,16). The summed E-state index contributed by atoms with van der Waals surface area (Å²) in [5, 5.41) is 8.88. The molecule has 1 rings (SSSR count). The first-order valence-electron chi connectivity index (χ1n) is 5.82. The first kappa shape index (κ1) is 15.5. The average molecular weight is 286 g/mol. The van der Waals surface area contributed by atoms with Gasteiger partial charge in [-0.2, -0.15) is 13.1 Å². The minimum atomic E-state index is -3.69. The molecule has 0 saturated carbocycles. The number of rotatable bonds is 6. The first-order chi connectivity index (χ1) is 8.71. The number of carbonyl (C=O) groups is 1. The summed E-state index contributed by atoms with van der Waals surface area (Å²) in [6, 6.07) is 4.28. The molecule has 0 aliphatic rings. The Kier molecular flexibility index (Phi) is 4.90. The first-order valence-corrected chi connectivity index (χ1v) is 7.31. The predicted octanol–water partition coefficient (Wildman–Crippen LogP) is 1.60. The molecular weight excluding hydrogens is 268 g/mol. The summed E-state index contributed by atoms with van der Waals surface area (Å²) in [5.41, 5.74) is 0.947. The number of benzene rings is 1. The molecule has 106 valence electrons. The summed E-state index contributed by atoms with van der Waals surface area (Å²) in [6.07, 6.45) is 0. The van der Waals surface area contributed by atoms with Crippen molar-refractivity contribution in [3.63, 3.8) is 0 Å².